The Balaban J connectivity index is 0.00000324. The number of hydrogen-bond acceptors (Lipinski definition) is 4. The molecule has 2 atom stereocenters. The molecule has 0 bridgehead atoms. The second-order valence-corrected chi connectivity index (χ2v) is 11.0. The minimum atomic E-state index is -0.0168. The lowest BCUT2D eigenvalue weighted by atomic mass is 9.82. The van der Waals surface area contributed by atoms with Gasteiger partial charge in [-0.05, 0) is 67.1 Å². The second kappa shape index (κ2) is 11.7. The normalized spacial score (nSPS) is 21.1. The van der Waals surface area contributed by atoms with Crippen molar-refractivity contribution in [2.75, 3.05) is 32.7 Å². The molecule has 1 aromatic carbocycles. The van der Waals surface area contributed by atoms with Crippen molar-refractivity contribution in [1.29, 1.82) is 0 Å². The Bertz CT molecular complexity index is 906. The molecule has 6 heteroatoms. The van der Waals surface area contributed by atoms with Crippen LogP contribution >= 0.6 is 11.6 Å². The van der Waals surface area contributed by atoms with E-state index >= 15 is 0 Å². The van der Waals surface area contributed by atoms with Crippen LogP contribution in [-0.2, 0) is 4.79 Å². The van der Waals surface area contributed by atoms with Gasteiger partial charge in [-0.3, -0.25) is 14.7 Å². The number of amides is 1. The van der Waals surface area contributed by atoms with Gasteiger partial charge in [-0.1, -0.05) is 58.0 Å². The average molecular weight is 485 g/mol. The molecule has 34 heavy (non-hydrogen) atoms. The van der Waals surface area contributed by atoms with Gasteiger partial charge in [0.25, 0.3) is 0 Å². The Labute approximate surface area is 210 Å². The molecule has 4 rings (SSSR count). The van der Waals surface area contributed by atoms with Crippen molar-refractivity contribution in [3.05, 3.63) is 64.9 Å². The van der Waals surface area contributed by atoms with Crippen LogP contribution in [0.15, 0.2) is 48.7 Å². The minimum absolute atomic E-state index is 0. The lowest BCUT2D eigenvalue weighted by Gasteiger charge is -2.49. The fourth-order valence-electron chi connectivity index (χ4n) is 5.28. The number of pyridine rings is 1. The third kappa shape index (κ3) is 6.38. The first-order valence-corrected chi connectivity index (χ1v) is 12.6. The Morgan fingerprint density at radius 2 is 1.82 bits per heavy atom. The smallest absolute Gasteiger partial charge is 0.223 e. The highest BCUT2D eigenvalue weighted by Gasteiger charge is 2.40. The third-order valence-corrected chi connectivity index (χ3v) is 7.42. The van der Waals surface area contributed by atoms with Crippen LogP contribution in [-0.4, -0.2) is 59.5 Å². The van der Waals surface area contributed by atoms with Gasteiger partial charge in [0.15, 0.2) is 0 Å². The number of nitrogens with zero attached hydrogens (tertiary/aromatic N) is 3. The summed E-state index contributed by atoms with van der Waals surface area (Å²) in [7, 11) is 0. The highest BCUT2D eigenvalue weighted by molar-refractivity contribution is 6.30. The van der Waals surface area contributed by atoms with Crippen LogP contribution in [0.25, 0.3) is 0 Å². The van der Waals surface area contributed by atoms with Crippen molar-refractivity contribution in [2.24, 2.45) is 11.3 Å². The molecule has 0 radical (unpaired) electrons. The topological polar surface area (TPSA) is 48.5 Å². The maximum atomic E-state index is 13.4. The maximum absolute atomic E-state index is 13.4. The Hall–Kier alpha value is -1.95. The highest BCUT2D eigenvalue weighted by atomic mass is 35.5. The van der Waals surface area contributed by atoms with Crippen LogP contribution in [0.3, 0.4) is 0 Å². The van der Waals surface area contributed by atoms with Gasteiger partial charge >= 0.3 is 0 Å². The summed E-state index contributed by atoms with van der Waals surface area (Å²) in [5, 5.41) is 4.14. The van der Waals surface area contributed by atoms with E-state index in [0.717, 1.165) is 56.3 Å². The predicted octanol–water partition coefficient (Wildman–Crippen LogP) is 5.41. The summed E-state index contributed by atoms with van der Waals surface area (Å²) >= 11 is 6.19. The van der Waals surface area contributed by atoms with Gasteiger partial charge < -0.3 is 10.2 Å². The zero-order chi connectivity index (χ0) is 23.4. The van der Waals surface area contributed by atoms with E-state index in [1.54, 1.807) is 0 Å². The molecule has 1 N–H and O–H groups in total. The number of halogens is 1. The summed E-state index contributed by atoms with van der Waals surface area (Å²) in [6, 6.07) is 14.4. The number of piperazine rings is 1. The summed E-state index contributed by atoms with van der Waals surface area (Å²) in [4.78, 5) is 22.8. The molecule has 0 saturated carbocycles. The van der Waals surface area contributed by atoms with E-state index in [2.05, 4.69) is 54.1 Å². The van der Waals surface area contributed by atoms with Crippen LogP contribution in [0.2, 0.25) is 5.02 Å². The van der Waals surface area contributed by atoms with E-state index in [1.807, 2.05) is 30.5 Å². The fraction of sp³-hybridized carbons (Fsp3) is 0.571. The van der Waals surface area contributed by atoms with Crippen molar-refractivity contribution in [3.63, 3.8) is 0 Å². The molecule has 186 valence electrons. The zero-order valence-electron chi connectivity index (χ0n) is 20.1. The molecule has 3 heterocycles. The maximum Gasteiger partial charge on any atom is 0.223 e. The molecule has 2 aliphatic rings. The first-order chi connectivity index (χ1) is 15.8. The largest absolute Gasteiger partial charge is 0.337 e. The molecule has 0 aliphatic carbocycles. The van der Waals surface area contributed by atoms with Crippen LogP contribution in [0.4, 0.5) is 0 Å². The van der Waals surface area contributed by atoms with Crippen molar-refractivity contribution in [1.82, 2.24) is 20.1 Å². The minimum Gasteiger partial charge on any atom is -0.337 e. The Morgan fingerprint density at radius 1 is 1.12 bits per heavy atom. The van der Waals surface area contributed by atoms with Crippen LogP contribution in [0, 0.1) is 11.3 Å². The standard InChI is InChI=1S/C27H37ClN4O.CH4/c1-27(2,3)24-19-31(16-17-32(24)25(33)18-20-11-14-29-15-12-20)26(23-6-4-5-13-30-23)21-7-9-22(28)10-8-21;/h4-10,13,20,24,26,29H,11-12,14-19H2,1-3H3;1H4/t24-,26?;/m1./s1. The first-order valence-electron chi connectivity index (χ1n) is 12.2. The van der Waals surface area contributed by atoms with E-state index in [9.17, 15) is 4.79 Å². The number of nitrogens with one attached hydrogen (secondary N) is 1. The molecule has 2 fully saturated rings. The van der Waals surface area contributed by atoms with Crippen molar-refractivity contribution >= 4 is 17.5 Å². The summed E-state index contributed by atoms with van der Waals surface area (Å²) in [5.41, 5.74) is 2.19. The van der Waals surface area contributed by atoms with Gasteiger partial charge in [0, 0.05) is 43.3 Å². The molecule has 1 amide bonds. The monoisotopic (exact) mass is 484 g/mol. The van der Waals surface area contributed by atoms with E-state index in [1.165, 1.54) is 5.56 Å². The van der Waals surface area contributed by atoms with E-state index in [0.29, 0.717) is 18.2 Å². The predicted molar refractivity (Wildman–Crippen MR) is 141 cm³/mol. The summed E-state index contributed by atoms with van der Waals surface area (Å²) in [6.45, 7) is 11.2. The molecule has 1 aromatic heterocycles. The second-order valence-electron chi connectivity index (χ2n) is 10.6. The lowest BCUT2D eigenvalue weighted by Crippen LogP contribution is -2.60. The molecular weight excluding hydrogens is 444 g/mol. The quantitative estimate of drug-likeness (QED) is 0.616. The highest BCUT2D eigenvalue weighted by Crippen LogP contribution is 2.35. The third-order valence-electron chi connectivity index (χ3n) is 7.17. The number of carbonyl (C=O) groups excluding carboxylic acids is 1. The van der Waals surface area contributed by atoms with E-state index in [4.69, 9.17) is 16.6 Å². The molecule has 2 aliphatic heterocycles. The van der Waals surface area contributed by atoms with Crippen LogP contribution in [0.1, 0.15) is 64.8 Å². The molecule has 2 saturated heterocycles. The number of benzene rings is 1. The number of aromatic nitrogens is 1. The number of carbonyl (C=O) groups is 1. The molecule has 1 unspecified atom stereocenters. The summed E-state index contributed by atoms with van der Waals surface area (Å²) in [5.74, 6) is 0.829. The Morgan fingerprint density at radius 3 is 2.44 bits per heavy atom. The van der Waals surface area contributed by atoms with Gasteiger partial charge in [-0.15, -0.1) is 0 Å². The van der Waals surface area contributed by atoms with Gasteiger partial charge in [-0.2, -0.15) is 0 Å². The molecule has 2 aromatic rings. The van der Waals surface area contributed by atoms with E-state index in [-0.39, 0.29) is 24.9 Å². The summed E-state index contributed by atoms with van der Waals surface area (Å²) < 4.78 is 0. The number of rotatable bonds is 5. The molecule has 0 spiro atoms. The van der Waals surface area contributed by atoms with Crippen LogP contribution < -0.4 is 5.32 Å². The number of piperidine rings is 1. The van der Waals surface area contributed by atoms with Crippen molar-refractivity contribution in [2.45, 2.75) is 59.5 Å². The van der Waals surface area contributed by atoms with Gasteiger partial charge in [0.2, 0.25) is 5.91 Å². The van der Waals surface area contributed by atoms with E-state index < -0.39 is 0 Å². The van der Waals surface area contributed by atoms with Gasteiger partial charge in [-0.25, -0.2) is 0 Å². The zero-order valence-corrected chi connectivity index (χ0v) is 20.9. The molecular formula is C28H41ClN4O. The fourth-order valence-corrected chi connectivity index (χ4v) is 5.41. The SMILES string of the molecule is C.CC(C)(C)[C@H]1CN(C(c2ccc(Cl)cc2)c2ccccn2)CCN1C(=O)CC1CCNCC1. The summed E-state index contributed by atoms with van der Waals surface area (Å²) in [6.07, 6.45) is 4.74. The molecule has 5 nitrogen and oxygen atoms in total. The van der Waals surface area contributed by atoms with Crippen molar-refractivity contribution in [3.8, 4) is 0 Å². The first kappa shape index (κ1) is 26.7. The van der Waals surface area contributed by atoms with Crippen molar-refractivity contribution < 1.29 is 4.79 Å². The van der Waals surface area contributed by atoms with Crippen LogP contribution in [0.5, 0.6) is 0 Å². The Kier molecular flexibility index (Phi) is 9.14. The van der Waals surface area contributed by atoms with Gasteiger partial charge in [0.1, 0.15) is 0 Å². The lowest BCUT2D eigenvalue weighted by molar-refractivity contribution is -0.141. The number of hydrogen-bond donors (Lipinski definition) is 1. The van der Waals surface area contributed by atoms with Gasteiger partial charge in [0.05, 0.1) is 11.7 Å². The average Bonchev–Trinajstić information content (AvgIpc) is 2.81.